The summed E-state index contributed by atoms with van der Waals surface area (Å²) in [5.41, 5.74) is 1.01. The number of likely N-dealkylation sites (tertiary alicyclic amines) is 1. The fourth-order valence-electron chi connectivity index (χ4n) is 2.32. The largest absolute Gasteiger partial charge is 0.478 e. The third-order valence-corrected chi connectivity index (χ3v) is 3.48. The normalized spacial score (nSPS) is 16.0. The number of carbonyl (C=O) groups is 2. The Bertz CT molecular complexity index is 522. The van der Waals surface area contributed by atoms with E-state index in [-0.39, 0.29) is 17.7 Å². The molecule has 1 heterocycles. The number of hydrogen-bond acceptors (Lipinski definition) is 3. The van der Waals surface area contributed by atoms with Crippen LogP contribution in [0.3, 0.4) is 0 Å². The maximum Gasteiger partial charge on any atom is 0.338 e. The number of aryl methyl sites for hydroxylation is 1. The summed E-state index contributed by atoms with van der Waals surface area (Å²) in [5, 5.41) is 21.3. The van der Waals surface area contributed by atoms with E-state index in [0.717, 1.165) is 0 Å². The Morgan fingerprint density at radius 2 is 1.95 bits per heavy atom. The molecule has 0 unspecified atom stereocenters. The molecule has 1 saturated heterocycles. The number of aliphatic hydroxyl groups excluding tert-OH is 1. The average Bonchev–Trinajstić information content (AvgIpc) is 2.39. The third-order valence-electron chi connectivity index (χ3n) is 3.48. The van der Waals surface area contributed by atoms with Gasteiger partial charge < -0.3 is 20.4 Å². The topological polar surface area (TPSA) is 89.9 Å². The number of piperidine rings is 1. The van der Waals surface area contributed by atoms with E-state index in [0.29, 0.717) is 37.2 Å². The number of nitrogens with one attached hydrogen (secondary N) is 1. The number of benzene rings is 1. The van der Waals surface area contributed by atoms with Gasteiger partial charge in [0, 0.05) is 13.1 Å². The van der Waals surface area contributed by atoms with Gasteiger partial charge in [0.25, 0.3) is 0 Å². The van der Waals surface area contributed by atoms with Gasteiger partial charge in [0.15, 0.2) is 0 Å². The zero-order valence-corrected chi connectivity index (χ0v) is 11.3. The number of carboxylic acids is 1. The smallest absolute Gasteiger partial charge is 0.338 e. The number of carboxylic acid groups (broad SMARTS) is 1. The number of aromatic carboxylic acids is 1. The molecule has 0 spiro atoms. The molecule has 0 aromatic heterocycles. The average molecular weight is 278 g/mol. The lowest BCUT2D eigenvalue weighted by Gasteiger charge is -2.29. The molecule has 1 aliphatic heterocycles. The van der Waals surface area contributed by atoms with Crippen molar-refractivity contribution in [3.8, 4) is 0 Å². The summed E-state index contributed by atoms with van der Waals surface area (Å²) in [7, 11) is 0. The molecule has 2 rings (SSSR count). The highest BCUT2D eigenvalue weighted by atomic mass is 16.4. The molecule has 1 aromatic carbocycles. The van der Waals surface area contributed by atoms with Gasteiger partial charge in [-0.15, -0.1) is 0 Å². The molecule has 0 bridgehead atoms. The van der Waals surface area contributed by atoms with Crippen LogP contribution in [0.15, 0.2) is 18.2 Å². The molecule has 1 aromatic rings. The third kappa shape index (κ3) is 3.08. The number of carbonyl (C=O) groups excluding carboxylic acids is 1. The van der Waals surface area contributed by atoms with Gasteiger partial charge in [0.1, 0.15) is 0 Å². The molecule has 0 radical (unpaired) electrons. The highest BCUT2D eigenvalue weighted by Gasteiger charge is 2.22. The minimum atomic E-state index is -1.06. The van der Waals surface area contributed by atoms with E-state index in [1.807, 2.05) is 0 Å². The first-order valence-electron chi connectivity index (χ1n) is 6.56. The second-order valence-electron chi connectivity index (χ2n) is 4.95. The standard InChI is InChI=1S/C14H18N2O4/c1-9-3-2-4-11(12(9)13(18)19)15-14(20)16-7-5-10(17)6-8-16/h2-4,10,17H,5-8H2,1H3,(H,15,20)(H,18,19). The Morgan fingerprint density at radius 1 is 1.30 bits per heavy atom. The van der Waals surface area contributed by atoms with Crippen LogP contribution in [0.1, 0.15) is 28.8 Å². The van der Waals surface area contributed by atoms with Crippen molar-refractivity contribution in [3.63, 3.8) is 0 Å². The highest BCUT2D eigenvalue weighted by molar-refractivity contribution is 6.01. The van der Waals surface area contributed by atoms with E-state index in [1.165, 1.54) is 0 Å². The van der Waals surface area contributed by atoms with Crippen molar-refractivity contribution < 1.29 is 19.8 Å². The van der Waals surface area contributed by atoms with Crippen molar-refractivity contribution in [2.24, 2.45) is 0 Å². The van der Waals surface area contributed by atoms with Crippen LogP contribution in [0, 0.1) is 6.92 Å². The molecule has 0 aliphatic carbocycles. The summed E-state index contributed by atoms with van der Waals surface area (Å²) in [6.45, 7) is 2.64. The first kappa shape index (κ1) is 14.3. The molecule has 6 nitrogen and oxygen atoms in total. The van der Waals surface area contributed by atoms with Crippen molar-refractivity contribution in [1.82, 2.24) is 4.90 Å². The summed E-state index contributed by atoms with van der Waals surface area (Å²) in [6, 6.07) is 4.64. The van der Waals surface area contributed by atoms with Crippen LogP contribution < -0.4 is 5.32 Å². The predicted octanol–water partition coefficient (Wildman–Crippen LogP) is 1.68. The lowest BCUT2D eigenvalue weighted by Crippen LogP contribution is -2.42. The van der Waals surface area contributed by atoms with Crippen molar-refractivity contribution in [2.75, 3.05) is 18.4 Å². The molecule has 108 valence electrons. The molecular weight excluding hydrogens is 260 g/mol. The Kier molecular flexibility index (Phi) is 4.24. The monoisotopic (exact) mass is 278 g/mol. The number of amides is 2. The molecule has 1 aliphatic rings. The lowest BCUT2D eigenvalue weighted by atomic mass is 10.1. The van der Waals surface area contributed by atoms with Crippen LogP contribution in [0.2, 0.25) is 0 Å². The van der Waals surface area contributed by atoms with Gasteiger partial charge in [0.05, 0.1) is 17.4 Å². The maximum atomic E-state index is 12.1. The zero-order chi connectivity index (χ0) is 14.7. The van der Waals surface area contributed by atoms with Gasteiger partial charge in [-0.1, -0.05) is 12.1 Å². The van der Waals surface area contributed by atoms with Crippen LogP contribution in [0.25, 0.3) is 0 Å². The number of hydrogen-bond donors (Lipinski definition) is 3. The van der Waals surface area contributed by atoms with E-state index >= 15 is 0 Å². The Hall–Kier alpha value is -2.08. The summed E-state index contributed by atoms with van der Waals surface area (Å²) in [6.07, 6.45) is 0.743. The zero-order valence-electron chi connectivity index (χ0n) is 11.3. The molecule has 6 heteroatoms. The van der Waals surface area contributed by atoms with Gasteiger partial charge in [0.2, 0.25) is 0 Å². The van der Waals surface area contributed by atoms with Crippen molar-refractivity contribution >= 4 is 17.7 Å². The second kappa shape index (κ2) is 5.92. The lowest BCUT2D eigenvalue weighted by molar-refractivity contribution is 0.0697. The quantitative estimate of drug-likeness (QED) is 0.767. The summed E-state index contributed by atoms with van der Waals surface area (Å²) in [4.78, 5) is 24.9. The summed E-state index contributed by atoms with van der Waals surface area (Å²) in [5.74, 6) is -1.06. The summed E-state index contributed by atoms with van der Waals surface area (Å²) >= 11 is 0. The molecule has 20 heavy (non-hydrogen) atoms. The maximum absolute atomic E-state index is 12.1. The fourth-order valence-corrected chi connectivity index (χ4v) is 2.32. The van der Waals surface area contributed by atoms with Crippen LogP contribution >= 0.6 is 0 Å². The van der Waals surface area contributed by atoms with Crippen molar-refractivity contribution in [2.45, 2.75) is 25.9 Å². The summed E-state index contributed by atoms with van der Waals surface area (Å²) < 4.78 is 0. The molecule has 0 atom stereocenters. The Balaban J connectivity index is 2.12. The van der Waals surface area contributed by atoms with Crippen LogP contribution in [0.4, 0.5) is 10.5 Å². The number of anilines is 1. The molecule has 3 N–H and O–H groups in total. The fraction of sp³-hybridized carbons (Fsp3) is 0.429. The number of aliphatic hydroxyl groups is 1. The van der Waals surface area contributed by atoms with Crippen molar-refractivity contribution in [3.05, 3.63) is 29.3 Å². The molecular formula is C14H18N2O4. The Morgan fingerprint density at radius 3 is 2.55 bits per heavy atom. The first-order valence-corrected chi connectivity index (χ1v) is 6.56. The molecule has 0 saturated carbocycles. The predicted molar refractivity (Wildman–Crippen MR) is 74.0 cm³/mol. The number of urea groups is 1. The van der Waals surface area contributed by atoms with Gasteiger partial charge in [-0.2, -0.15) is 0 Å². The van der Waals surface area contributed by atoms with E-state index in [1.54, 1.807) is 30.0 Å². The number of rotatable bonds is 2. The van der Waals surface area contributed by atoms with Crippen LogP contribution in [0.5, 0.6) is 0 Å². The van der Waals surface area contributed by atoms with Gasteiger partial charge in [-0.05, 0) is 31.4 Å². The van der Waals surface area contributed by atoms with Gasteiger partial charge >= 0.3 is 12.0 Å². The van der Waals surface area contributed by atoms with Gasteiger partial charge in [-0.25, -0.2) is 9.59 Å². The minimum absolute atomic E-state index is 0.109. The first-order chi connectivity index (χ1) is 9.49. The number of nitrogens with zero attached hydrogens (tertiary/aromatic N) is 1. The second-order valence-corrected chi connectivity index (χ2v) is 4.95. The van der Waals surface area contributed by atoms with Crippen molar-refractivity contribution in [1.29, 1.82) is 0 Å². The Labute approximate surface area is 117 Å². The van der Waals surface area contributed by atoms with E-state index in [2.05, 4.69) is 5.32 Å². The SMILES string of the molecule is Cc1cccc(NC(=O)N2CCC(O)CC2)c1C(=O)O. The van der Waals surface area contributed by atoms with Crippen LogP contribution in [-0.4, -0.2) is 46.3 Å². The molecule has 2 amide bonds. The molecule has 1 fully saturated rings. The van der Waals surface area contributed by atoms with E-state index in [4.69, 9.17) is 0 Å². The van der Waals surface area contributed by atoms with Crippen LogP contribution in [-0.2, 0) is 0 Å². The highest BCUT2D eigenvalue weighted by Crippen LogP contribution is 2.20. The van der Waals surface area contributed by atoms with E-state index in [9.17, 15) is 19.8 Å². The van der Waals surface area contributed by atoms with Gasteiger partial charge in [-0.3, -0.25) is 0 Å². The minimum Gasteiger partial charge on any atom is -0.478 e. The van der Waals surface area contributed by atoms with E-state index < -0.39 is 5.97 Å².